The van der Waals surface area contributed by atoms with Crippen molar-refractivity contribution in [3.63, 3.8) is 0 Å². The smallest absolute Gasteiger partial charge is 0.253 e. The Morgan fingerprint density at radius 1 is 1.11 bits per heavy atom. The molecule has 1 aliphatic rings. The van der Waals surface area contributed by atoms with Crippen molar-refractivity contribution in [3.05, 3.63) is 53.8 Å². The highest BCUT2D eigenvalue weighted by Crippen LogP contribution is 2.38. The van der Waals surface area contributed by atoms with Gasteiger partial charge in [0.25, 0.3) is 5.91 Å². The molecule has 1 heterocycles. The van der Waals surface area contributed by atoms with Gasteiger partial charge in [-0.25, -0.2) is 9.71 Å². The zero-order valence-corrected chi connectivity index (χ0v) is 9.85. The lowest BCUT2D eigenvalue weighted by molar-refractivity contribution is -0.121. The van der Waals surface area contributed by atoms with Gasteiger partial charge < -0.3 is 0 Å². The standard InChI is InChI=1S/C15H11FNO/c1-9-11-7-6-10(16)8-13(11)12-4-2-3-5-14(12)17-15(9)18/h2-9H,1H3. The number of carbonyl (C=O) groups is 1. The highest BCUT2D eigenvalue weighted by Gasteiger charge is 2.26. The first-order chi connectivity index (χ1) is 8.66. The van der Waals surface area contributed by atoms with Gasteiger partial charge in [-0.1, -0.05) is 24.3 Å². The molecule has 0 aromatic heterocycles. The van der Waals surface area contributed by atoms with E-state index in [1.54, 1.807) is 19.1 Å². The molecular formula is C15H11FNO. The number of fused-ring (bicyclic) bond motifs is 3. The molecule has 1 aliphatic heterocycles. The maximum atomic E-state index is 13.4. The Hall–Kier alpha value is -2.16. The van der Waals surface area contributed by atoms with Crippen LogP contribution in [0.1, 0.15) is 18.4 Å². The maximum absolute atomic E-state index is 13.4. The third kappa shape index (κ3) is 1.59. The van der Waals surface area contributed by atoms with Gasteiger partial charge in [-0.15, -0.1) is 0 Å². The molecule has 2 aromatic rings. The zero-order chi connectivity index (χ0) is 12.7. The lowest BCUT2D eigenvalue weighted by Gasteiger charge is -2.10. The van der Waals surface area contributed by atoms with Crippen LogP contribution in [-0.4, -0.2) is 5.91 Å². The molecule has 89 valence electrons. The predicted octanol–water partition coefficient (Wildman–Crippen LogP) is 3.37. The molecule has 3 rings (SSSR count). The summed E-state index contributed by atoms with van der Waals surface area (Å²) in [7, 11) is 0. The van der Waals surface area contributed by atoms with Crippen LogP contribution in [0.3, 0.4) is 0 Å². The number of carbonyl (C=O) groups excluding carboxylic acids is 1. The van der Waals surface area contributed by atoms with Gasteiger partial charge in [0, 0.05) is 5.56 Å². The molecule has 2 aromatic carbocycles. The average Bonchev–Trinajstić information content (AvgIpc) is 2.47. The van der Waals surface area contributed by atoms with Crippen LogP contribution in [0.4, 0.5) is 10.1 Å². The van der Waals surface area contributed by atoms with Crippen LogP contribution in [0.25, 0.3) is 11.1 Å². The monoisotopic (exact) mass is 240 g/mol. The van der Waals surface area contributed by atoms with Gasteiger partial charge in [0.1, 0.15) is 5.82 Å². The zero-order valence-electron chi connectivity index (χ0n) is 9.85. The second-order valence-electron chi connectivity index (χ2n) is 4.42. The van der Waals surface area contributed by atoms with Crippen molar-refractivity contribution >= 4 is 11.6 Å². The van der Waals surface area contributed by atoms with Crippen LogP contribution in [0.2, 0.25) is 0 Å². The SMILES string of the molecule is CC1C(=O)[N]c2ccccc2-c2cc(F)ccc21. The fourth-order valence-corrected chi connectivity index (χ4v) is 2.29. The minimum absolute atomic E-state index is 0.187. The molecule has 1 unspecified atom stereocenters. The van der Waals surface area contributed by atoms with Crippen LogP contribution in [-0.2, 0) is 4.79 Å². The quantitative estimate of drug-likeness (QED) is 0.694. The summed E-state index contributed by atoms with van der Waals surface area (Å²) in [6.07, 6.45) is 0. The Bertz CT molecular complexity index is 636. The summed E-state index contributed by atoms with van der Waals surface area (Å²) in [5.41, 5.74) is 3.01. The van der Waals surface area contributed by atoms with E-state index in [-0.39, 0.29) is 17.6 Å². The lowest BCUT2D eigenvalue weighted by Crippen LogP contribution is -2.16. The van der Waals surface area contributed by atoms with Crippen molar-refractivity contribution in [3.8, 4) is 11.1 Å². The molecule has 1 radical (unpaired) electrons. The number of hydrogen-bond acceptors (Lipinski definition) is 1. The van der Waals surface area contributed by atoms with Gasteiger partial charge in [0.2, 0.25) is 0 Å². The van der Waals surface area contributed by atoms with E-state index in [2.05, 4.69) is 5.32 Å². The number of para-hydroxylation sites is 1. The Labute approximate surface area is 104 Å². The van der Waals surface area contributed by atoms with Crippen molar-refractivity contribution in [2.75, 3.05) is 0 Å². The molecule has 18 heavy (non-hydrogen) atoms. The number of hydrogen-bond donors (Lipinski definition) is 0. The van der Waals surface area contributed by atoms with Gasteiger partial charge in [-0.05, 0) is 36.2 Å². The van der Waals surface area contributed by atoms with E-state index in [1.807, 2.05) is 18.2 Å². The number of nitrogens with zero attached hydrogens (tertiary/aromatic N) is 1. The van der Waals surface area contributed by atoms with Crippen molar-refractivity contribution in [1.82, 2.24) is 5.32 Å². The van der Waals surface area contributed by atoms with E-state index in [0.29, 0.717) is 5.69 Å². The first-order valence-corrected chi connectivity index (χ1v) is 5.81. The summed E-state index contributed by atoms with van der Waals surface area (Å²) in [5.74, 6) is -0.828. The van der Waals surface area contributed by atoms with Crippen LogP contribution in [0, 0.1) is 5.82 Å². The normalized spacial score (nSPS) is 17.4. The molecule has 1 amide bonds. The molecule has 0 aliphatic carbocycles. The first kappa shape index (κ1) is 11.0. The summed E-state index contributed by atoms with van der Waals surface area (Å²) in [6, 6.07) is 11.9. The predicted molar refractivity (Wildman–Crippen MR) is 67.1 cm³/mol. The van der Waals surface area contributed by atoms with E-state index in [9.17, 15) is 9.18 Å². The van der Waals surface area contributed by atoms with Gasteiger partial charge in [0.05, 0.1) is 11.6 Å². The molecule has 3 heteroatoms. The lowest BCUT2D eigenvalue weighted by atomic mass is 9.92. The van der Waals surface area contributed by atoms with Gasteiger partial charge >= 0.3 is 0 Å². The third-order valence-electron chi connectivity index (χ3n) is 3.28. The Balaban J connectivity index is 2.34. The number of halogens is 1. The second kappa shape index (κ2) is 3.95. The largest absolute Gasteiger partial charge is 0.272 e. The minimum atomic E-state index is -0.340. The van der Waals surface area contributed by atoms with Crippen molar-refractivity contribution in [1.29, 1.82) is 0 Å². The van der Waals surface area contributed by atoms with E-state index in [4.69, 9.17) is 0 Å². The Morgan fingerprint density at radius 2 is 1.89 bits per heavy atom. The molecule has 0 saturated heterocycles. The molecule has 1 atom stereocenters. The Morgan fingerprint density at radius 3 is 2.72 bits per heavy atom. The number of amides is 1. The van der Waals surface area contributed by atoms with Gasteiger partial charge in [-0.3, -0.25) is 4.79 Å². The van der Waals surface area contributed by atoms with Crippen LogP contribution < -0.4 is 5.32 Å². The minimum Gasteiger partial charge on any atom is -0.272 e. The van der Waals surface area contributed by atoms with Crippen LogP contribution in [0.15, 0.2) is 42.5 Å². The molecule has 0 saturated carbocycles. The average molecular weight is 240 g/mol. The molecule has 0 fully saturated rings. The van der Waals surface area contributed by atoms with E-state index >= 15 is 0 Å². The molecule has 0 N–H and O–H groups in total. The van der Waals surface area contributed by atoms with Crippen LogP contribution >= 0.6 is 0 Å². The molecule has 0 spiro atoms. The topological polar surface area (TPSA) is 31.2 Å². The first-order valence-electron chi connectivity index (χ1n) is 5.81. The summed E-state index contributed by atoms with van der Waals surface area (Å²) in [4.78, 5) is 12.0. The van der Waals surface area contributed by atoms with Crippen molar-refractivity contribution in [2.45, 2.75) is 12.8 Å². The summed E-state index contributed by atoms with van der Waals surface area (Å²) < 4.78 is 13.4. The third-order valence-corrected chi connectivity index (χ3v) is 3.28. The highest BCUT2D eigenvalue weighted by atomic mass is 19.1. The fourth-order valence-electron chi connectivity index (χ4n) is 2.29. The summed E-state index contributed by atoms with van der Waals surface area (Å²) in [6.45, 7) is 1.80. The van der Waals surface area contributed by atoms with Crippen molar-refractivity contribution < 1.29 is 9.18 Å². The number of benzene rings is 2. The van der Waals surface area contributed by atoms with Crippen LogP contribution in [0.5, 0.6) is 0 Å². The summed E-state index contributed by atoms with van der Waals surface area (Å²) >= 11 is 0. The van der Waals surface area contributed by atoms with E-state index < -0.39 is 0 Å². The summed E-state index contributed by atoms with van der Waals surface area (Å²) in [5, 5.41) is 4.10. The highest BCUT2D eigenvalue weighted by molar-refractivity contribution is 5.95. The van der Waals surface area contributed by atoms with Crippen molar-refractivity contribution in [2.24, 2.45) is 0 Å². The molecule has 2 nitrogen and oxygen atoms in total. The second-order valence-corrected chi connectivity index (χ2v) is 4.42. The van der Waals surface area contributed by atoms with Gasteiger partial charge in [-0.2, -0.15) is 0 Å². The fraction of sp³-hybridized carbons (Fsp3) is 0.133. The maximum Gasteiger partial charge on any atom is 0.253 e. The Kier molecular flexibility index (Phi) is 2.40. The van der Waals surface area contributed by atoms with E-state index in [0.717, 1.165) is 16.7 Å². The van der Waals surface area contributed by atoms with E-state index in [1.165, 1.54) is 12.1 Å². The van der Waals surface area contributed by atoms with Gasteiger partial charge in [0.15, 0.2) is 0 Å². The molecular weight excluding hydrogens is 229 g/mol. The number of rotatable bonds is 0. The molecule has 0 bridgehead atoms.